The molecule has 1 N–H and O–H groups in total. The van der Waals surface area contributed by atoms with E-state index in [0.29, 0.717) is 5.56 Å². The molecule has 0 saturated heterocycles. The van der Waals surface area contributed by atoms with Crippen molar-refractivity contribution in [2.45, 2.75) is 40.2 Å². The van der Waals surface area contributed by atoms with Crippen LogP contribution in [0.2, 0.25) is 0 Å². The van der Waals surface area contributed by atoms with Crippen LogP contribution in [0.15, 0.2) is 36.4 Å². The summed E-state index contributed by atoms with van der Waals surface area (Å²) in [6, 6.07) is 8.89. The van der Waals surface area contributed by atoms with Crippen LogP contribution in [0.1, 0.15) is 87.2 Å². The van der Waals surface area contributed by atoms with E-state index >= 15 is 0 Å². The van der Waals surface area contributed by atoms with Gasteiger partial charge in [0.15, 0.2) is 23.1 Å². The van der Waals surface area contributed by atoms with Gasteiger partial charge < -0.3 is 5.11 Å². The van der Waals surface area contributed by atoms with Gasteiger partial charge in [-0.2, -0.15) is 0 Å². The topological polar surface area (TPSA) is 88.5 Å². The normalized spacial score (nSPS) is 11.2. The molecule has 140 valence electrons. The summed E-state index contributed by atoms with van der Waals surface area (Å²) in [6.45, 7) is 7.19. The summed E-state index contributed by atoms with van der Waals surface area (Å²) in [5.41, 5.74) is 0.430. The average Bonchev–Trinajstić information content (AvgIpc) is 2.59. The van der Waals surface area contributed by atoms with E-state index in [2.05, 4.69) is 0 Å². The maximum Gasteiger partial charge on any atom is 0.193 e. The molecule has 0 aliphatic rings. The molecule has 0 atom stereocenters. The molecule has 0 amide bonds. The zero-order valence-corrected chi connectivity index (χ0v) is 16.0. The second-order valence-corrected chi connectivity index (χ2v) is 7.08. The van der Waals surface area contributed by atoms with Crippen molar-refractivity contribution in [3.05, 3.63) is 69.8 Å². The Bertz CT molecular complexity index is 961. The van der Waals surface area contributed by atoms with E-state index in [9.17, 15) is 24.3 Å². The number of carbonyl (C=O) groups is 4. The second-order valence-electron chi connectivity index (χ2n) is 7.08. The van der Waals surface area contributed by atoms with Gasteiger partial charge >= 0.3 is 0 Å². The molecular weight excluding hydrogens is 344 g/mol. The van der Waals surface area contributed by atoms with Crippen LogP contribution in [0.5, 0.6) is 0 Å². The van der Waals surface area contributed by atoms with E-state index in [1.807, 2.05) is 0 Å². The largest absolute Gasteiger partial charge is 0.386 e. The van der Waals surface area contributed by atoms with Gasteiger partial charge in [-0.3, -0.25) is 19.2 Å². The molecule has 0 aliphatic carbocycles. The van der Waals surface area contributed by atoms with Crippen molar-refractivity contribution in [2.24, 2.45) is 0 Å². The molecule has 2 rings (SSSR count). The number of rotatable bonds is 6. The van der Waals surface area contributed by atoms with Gasteiger partial charge in [0.1, 0.15) is 0 Å². The number of hydrogen-bond acceptors (Lipinski definition) is 5. The SMILES string of the molecule is CC(=O)c1ccc(C(=O)c2ccc(C(C)(C)O)c(C(C)=O)c2)cc1C(C)=O. The molecule has 0 aromatic heterocycles. The van der Waals surface area contributed by atoms with Crippen molar-refractivity contribution in [2.75, 3.05) is 0 Å². The van der Waals surface area contributed by atoms with Gasteiger partial charge in [-0.25, -0.2) is 0 Å². The highest BCUT2D eigenvalue weighted by Crippen LogP contribution is 2.26. The Morgan fingerprint density at radius 2 is 1.15 bits per heavy atom. The van der Waals surface area contributed by atoms with E-state index in [0.717, 1.165) is 0 Å². The molecule has 0 heterocycles. The lowest BCUT2D eigenvalue weighted by Gasteiger charge is -2.21. The van der Waals surface area contributed by atoms with Crippen LogP contribution >= 0.6 is 0 Å². The number of Topliss-reactive ketones (excluding diaryl/α,β-unsaturated/α-hetero) is 3. The fourth-order valence-electron chi connectivity index (χ4n) is 2.96. The molecule has 27 heavy (non-hydrogen) atoms. The van der Waals surface area contributed by atoms with E-state index in [4.69, 9.17) is 0 Å². The summed E-state index contributed by atoms with van der Waals surface area (Å²) in [6.07, 6.45) is 0. The maximum absolute atomic E-state index is 12.9. The van der Waals surface area contributed by atoms with Crippen LogP contribution < -0.4 is 0 Å². The Labute approximate surface area is 158 Å². The molecule has 5 heteroatoms. The molecule has 5 nitrogen and oxygen atoms in total. The summed E-state index contributed by atoms with van der Waals surface area (Å²) in [7, 11) is 0. The van der Waals surface area contributed by atoms with Crippen LogP contribution in [0.25, 0.3) is 0 Å². The third-order valence-corrected chi connectivity index (χ3v) is 4.36. The lowest BCUT2D eigenvalue weighted by molar-refractivity contribution is 0.0756. The van der Waals surface area contributed by atoms with E-state index in [-0.39, 0.29) is 51.0 Å². The minimum Gasteiger partial charge on any atom is -0.386 e. The molecule has 2 aromatic carbocycles. The van der Waals surface area contributed by atoms with Gasteiger partial charge in [0.25, 0.3) is 0 Å². The van der Waals surface area contributed by atoms with Crippen molar-refractivity contribution in [3.8, 4) is 0 Å². The summed E-state index contributed by atoms with van der Waals surface area (Å²) in [4.78, 5) is 48.4. The molecule has 2 aromatic rings. The number of ketones is 4. The van der Waals surface area contributed by atoms with Gasteiger partial charge in [0, 0.05) is 27.8 Å². The zero-order valence-electron chi connectivity index (χ0n) is 16.0. The molecule has 0 unspecified atom stereocenters. The third kappa shape index (κ3) is 4.26. The lowest BCUT2D eigenvalue weighted by atomic mass is 9.88. The minimum absolute atomic E-state index is 0.188. The van der Waals surface area contributed by atoms with Crippen LogP contribution in [0.3, 0.4) is 0 Å². The minimum atomic E-state index is -1.23. The first-order chi connectivity index (χ1) is 12.4. The first-order valence-corrected chi connectivity index (χ1v) is 8.52. The predicted octanol–water partition coefficient (Wildman–Crippen LogP) is 3.75. The van der Waals surface area contributed by atoms with E-state index in [1.54, 1.807) is 19.9 Å². The number of aliphatic hydroxyl groups is 1. The highest BCUT2D eigenvalue weighted by molar-refractivity contribution is 6.13. The molecule has 0 aliphatic heterocycles. The Kier molecular flexibility index (Phi) is 5.56. The van der Waals surface area contributed by atoms with Crippen molar-refractivity contribution >= 4 is 23.1 Å². The van der Waals surface area contributed by atoms with Crippen LogP contribution in [0, 0.1) is 0 Å². The summed E-state index contributed by atoms with van der Waals surface area (Å²) in [5.74, 6) is -1.21. The highest BCUT2D eigenvalue weighted by Gasteiger charge is 2.24. The Balaban J connectivity index is 2.57. The fraction of sp³-hybridized carbons (Fsp3) is 0.273. The smallest absolute Gasteiger partial charge is 0.193 e. The monoisotopic (exact) mass is 366 g/mol. The van der Waals surface area contributed by atoms with Crippen molar-refractivity contribution < 1.29 is 24.3 Å². The van der Waals surface area contributed by atoms with Crippen LogP contribution in [-0.2, 0) is 5.60 Å². The molecular formula is C22H22O5. The average molecular weight is 366 g/mol. The first kappa shape index (κ1) is 20.4. The standard InChI is InChI=1S/C22H22O5/c1-12(23)17-8-6-15(10-18(17)13(2)24)21(26)16-7-9-20(22(4,5)27)19(11-16)14(3)25/h6-11,27H,1-5H3. The predicted molar refractivity (Wildman–Crippen MR) is 102 cm³/mol. The van der Waals surface area contributed by atoms with Crippen molar-refractivity contribution in [3.63, 3.8) is 0 Å². The molecule has 0 saturated carbocycles. The highest BCUT2D eigenvalue weighted by atomic mass is 16.3. The molecule has 0 bridgehead atoms. The first-order valence-electron chi connectivity index (χ1n) is 8.52. The van der Waals surface area contributed by atoms with Crippen molar-refractivity contribution in [1.29, 1.82) is 0 Å². The summed E-state index contributed by atoms with van der Waals surface area (Å²) < 4.78 is 0. The van der Waals surface area contributed by atoms with Gasteiger partial charge in [-0.05, 0) is 58.4 Å². The van der Waals surface area contributed by atoms with Gasteiger partial charge in [-0.1, -0.05) is 18.2 Å². The zero-order chi connectivity index (χ0) is 20.5. The maximum atomic E-state index is 12.9. The number of benzene rings is 2. The lowest BCUT2D eigenvalue weighted by Crippen LogP contribution is -2.20. The van der Waals surface area contributed by atoms with Gasteiger partial charge in [-0.15, -0.1) is 0 Å². The third-order valence-electron chi connectivity index (χ3n) is 4.36. The fourth-order valence-corrected chi connectivity index (χ4v) is 2.96. The molecule has 0 radical (unpaired) electrons. The summed E-state index contributed by atoms with van der Waals surface area (Å²) in [5, 5.41) is 10.2. The van der Waals surface area contributed by atoms with Crippen molar-refractivity contribution in [1.82, 2.24) is 0 Å². The Morgan fingerprint density at radius 1 is 0.704 bits per heavy atom. The number of hydrogen-bond donors (Lipinski definition) is 1. The molecule has 0 spiro atoms. The van der Waals surface area contributed by atoms with Gasteiger partial charge in [0.05, 0.1) is 5.60 Å². The quantitative estimate of drug-likeness (QED) is 0.787. The summed E-state index contributed by atoms with van der Waals surface area (Å²) >= 11 is 0. The van der Waals surface area contributed by atoms with E-state index < -0.39 is 5.60 Å². The van der Waals surface area contributed by atoms with Crippen LogP contribution in [-0.4, -0.2) is 28.2 Å². The Morgan fingerprint density at radius 3 is 1.59 bits per heavy atom. The van der Waals surface area contributed by atoms with Crippen LogP contribution in [0.4, 0.5) is 0 Å². The van der Waals surface area contributed by atoms with E-state index in [1.165, 1.54) is 51.1 Å². The second kappa shape index (κ2) is 7.37. The van der Waals surface area contributed by atoms with Gasteiger partial charge in [0.2, 0.25) is 0 Å². The number of carbonyl (C=O) groups excluding carboxylic acids is 4. The Hall–Kier alpha value is -2.92. The molecule has 0 fully saturated rings.